The first-order valence-corrected chi connectivity index (χ1v) is 9.52. The summed E-state index contributed by atoms with van der Waals surface area (Å²) in [6, 6.07) is 9.77. The van der Waals surface area contributed by atoms with Gasteiger partial charge in [0.2, 0.25) is 0 Å². The highest BCUT2D eigenvalue weighted by Gasteiger charge is 2.24. The van der Waals surface area contributed by atoms with Crippen LogP contribution in [0.1, 0.15) is 65.4 Å². The Morgan fingerprint density at radius 1 is 1.04 bits per heavy atom. The van der Waals surface area contributed by atoms with Gasteiger partial charge in [-0.25, -0.2) is 9.59 Å². The molecular weight excluding hydrogens is 330 g/mol. The quantitative estimate of drug-likeness (QED) is 0.486. The molecule has 0 saturated heterocycles. The fourth-order valence-corrected chi connectivity index (χ4v) is 2.62. The predicted molar refractivity (Wildman–Crippen MR) is 103 cm³/mol. The average Bonchev–Trinajstić information content (AvgIpc) is 2.56. The van der Waals surface area contributed by atoms with Gasteiger partial charge in [-0.1, -0.05) is 49.6 Å². The molecule has 0 fully saturated rings. The van der Waals surface area contributed by atoms with Gasteiger partial charge in [-0.05, 0) is 52.5 Å². The number of alkyl carbamates (subject to hydrolysis) is 1. The van der Waals surface area contributed by atoms with Crippen molar-refractivity contribution in [3.63, 3.8) is 0 Å². The molecule has 0 aromatic heterocycles. The number of esters is 1. The fraction of sp³-hybridized carbons (Fsp3) is 0.619. The number of rotatable bonds is 10. The summed E-state index contributed by atoms with van der Waals surface area (Å²) in [6.45, 7) is 7.42. The molecule has 1 aromatic rings. The molecule has 0 unspecified atom stereocenters. The summed E-state index contributed by atoms with van der Waals surface area (Å²) >= 11 is 0. The van der Waals surface area contributed by atoms with Gasteiger partial charge in [0.25, 0.3) is 0 Å². The Bertz CT molecular complexity index is 537. The van der Waals surface area contributed by atoms with E-state index in [4.69, 9.17) is 9.47 Å². The summed E-state index contributed by atoms with van der Waals surface area (Å²) in [5.41, 5.74) is 0.754. The number of ether oxygens (including phenoxy) is 2. The molecular formula is C21H33NO4. The molecule has 0 aliphatic heterocycles. The Kier molecular flexibility index (Phi) is 9.78. The van der Waals surface area contributed by atoms with Crippen LogP contribution in [0.15, 0.2) is 30.3 Å². The lowest BCUT2D eigenvalue weighted by molar-refractivity contribution is -0.145. The SMILES string of the molecule is CCOC(=O)[C@H](CCCCCCc1ccccc1)NC(=O)OC(C)(C)C. The van der Waals surface area contributed by atoms with Gasteiger partial charge in [0.15, 0.2) is 0 Å². The third-order valence-corrected chi connectivity index (χ3v) is 3.81. The first kappa shape index (κ1) is 22.0. The van der Waals surface area contributed by atoms with E-state index in [0.29, 0.717) is 13.0 Å². The van der Waals surface area contributed by atoms with E-state index in [9.17, 15) is 9.59 Å². The monoisotopic (exact) mass is 363 g/mol. The van der Waals surface area contributed by atoms with Crippen molar-refractivity contribution < 1.29 is 19.1 Å². The molecule has 1 aromatic carbocycles. The molecule has 0 radical (unpaired) electrons. The molecule has 5 nitrogen and oxygen atoms in total. The van der Waals surface area contributed by atoms with E-state index in [2.05, 4.69) is 29.6 Å². The third kappa shape index (κ3) is 10.1. The van der Waals surface area contributed by atoms with Gasteiger partial charge in [0.05, 0.1) is 6.61 Å². The topological polar surface area (TPSA) is 64.6 Å². The van der Waals surface area contributed by atoms with Crippen LogP contribution in [0.2, 0.25) is 0 Å². The Labute approximate surface area is 157 Å². The summed E-state index contributed by atoms with van der Waals surface area (Å²) in [4.78, 5) is 24.0. The minimum Gasteiger partial charge on any atom is -0.464 e. The molecule has 0 saturated carbocycles. The Morgan fingerprint density at radius 3 is 2.31 bits per heavy atom. The number of carbonyl (C=O) groups is 2. The summed E-state index contributed by atoms with van der Waals surface area (Å²) in [5.74, 6) is -0.400. The second-order valence-electron chi connectivity index (χ2n) is 7.39. The molecule has 0 spiro atoms. The van der Waals surface area contributed by atoms with E-state index in [-0.39, 0.29) is 0 Å². The maximum absolute atomic E-state index is 12.1. The maximum Gasteiger partial charge on any atom is 0.408 e. The van der Waals surface area contributed by atoms with E-state index in [1.165, 1.54) is 5.56 Å². The number of carbonyl (C=O) groups excluding carboxylic acids is 2. The molecule has 1 atom stereocenters. The van der Waals surface area contributed by atoms with Crippen LogP contribution in [0.5, 0.6) is 0 Å². The molecule has 5 heteroatoms. The zero-order valence-corrected chi connectivity index (χ0v) is 16.5. The van der Waals surface area contributed by atoms with Gasteiger partial charge in [-0.15, -0.1) is 0 Å². The number of hydrogen-bond donors (Lipinski definition) is 1. The lowest BCUT2D eigenvalue weighted by Crippen LogP contribution is -2.44. The summed E-state index contributed by atoms with van der Waals surface area (Å²) in [5, 5.41) is 2.64. The highest BCUT2D eigenvalue weighted by Crippen LogP contribution is 2.12. The minimum atomic E-state index is -0.654. The van der Waals surface area contributed by atoms with Gasteiger partial charge in [-0.3, -0.25) is 0 Å². The van der Waals surface area contributed by atoms with E-state index in [1.807, 2.05) is 6.07 Å². The van der Waals surface area contributed by atoms with Crippen molar-refractivity contribution in [2.45, 2.75) is 77.9 Å². The van der Waals surface area contributed by atoms with Crippen molar-refractivity contribution in [2.75, 3.05) is 6.61 Å². The van der Waals surface area contributed by atoms with Crippen LogP contribution in [-0.4, -0.2) is 30.3 Å². The number of aryl methyl sites for hydroxylation is 1. The zero-order chi connectivity index (χ0) is 19.4. The lowest BCUT2D eigenvalue weighted by atomic mass is 10.0. The van der Waals surface area contributed by atoms with Crippen molar-refractivity contribution in [3.8, 4) is 0 Å². The Hall–Kier alpha value is -2.04. The van der Waals surface area contributed by atoms with Crippen LogP contribution >= 0.6 is 0 Å². The fourth-order valence-electron chi connectivity index (χ4n) is 2.62. The highest BCUT2D eigenvalue weighted by atomic mass is 16.6. The van der Waals surface area contributed by atoms with Gasteiger partial charge in [0, 0.05) is 0 Å². The normalized spacial score (nSPS) is 12.3. The molecule has 26 heavy (non-hydrogen) atoms. The smallest absolute Gasteiger partial charge is 0.408 e. The summed E-state index contributed by atoms with van der Waals surface area (Å²) in [6.07, 6.45) is 5.12. The van der Waals surface area contributed by atoms with Crippen LogP contribution in [0, 0.1) is 0 Å². The van der Waals surface area contributed by atoms with E-state index in [0.717, 1.165) is 32.1 Å². The van der Waals surface area contributed by atoms with E-state index < -0.39 is 23.7 Å². The van der Waals surface area contributed by atoms with Crippen LogP contribution in [-0.2, 0) is 20.7 Å². The second-order valence-corrected chi connectivity index (χ2v) is 7.39. The zero-order valence-electron chi connectivity index (χ0n) is 16.5. The second kappa shape index (κ2) is 11.6. The maximum atomic E-state index is 12.1. The van der Waals surface area contributed by atoms with Crippen molar-refractivity contribution in [2.24, 2.45) is 0 Å². The largest absolute Gasteiger partial charge is 0.464 e. The molecule has 1 amide bonds. The van der Waals surface area contributed by atoms with Crippen molar-refractivity contribution in [3.05, 3.63) is 35.9 Å². The van der Waals surface area contributed by atoms with Crippen LogP contribution in [0.4, 0.5) is 4.79 Å². The van der Waals surface area contributed by atoms with Crippen molar-refractivity contribution in [1.82, 2.24) is 5.32 Å². The number of hydrogen-bond acceptors (Lipinski definition) is 4. The molecule has 146 valence electrons. The van der Waals surface area contributed by atoms with E-state index in [1.54, 1.807) is 27.7 Å². The lowest BCUT2D eigenvalue weighted by Gasteiger charge is -2.22. The van der Waals surface area contributed by atoms with Gasteiger partial charge < -0.3 is 14.8 Å². The summed E-state index contributed by atoms with van der Waals surface area (Å²) in [7, 11) is 0. The predicted octanol–water partition coefficient (Wildman–Crippen LogP) is 4.64. The molecule has 1 rings (SSSR count). The van der Waals surface area contributed by atoms with Gasteiger partial charge in [0.1, 0.15) is 11.6 Å². The standard InChI is InChI=1S/C21H33NO4/c1-5-25-19(23)18(22-20(24)26-21(2,3)4)16-12-7-6-9-13-17-14-10-8-11-15-17/h8,10-11,14-15,18H,5-7,9,12-13,16H2,1-4H3,(H,22,24)/t18-/m0/s1. The van der Waals surface area contributed by atoms with E-state index >= 15 is 0 Å². The number of benzene rings is 1. The minimum absolute atomic E-state index is 0.294. The first-order valence-electron chi connectivity index (χ1n) is 9.52. The average molecular weight is 363 g/mol. The number of amides is 1. The Balaban J connectivity index is 2.33. The van der Waals surface area contributed by atoms with Gasteiger partial charge in [-0.2, -0.15) is 0 Å². The van der Waals surface area contributed by atoms with Crippen molar-refractivity contribution >= 4 is 12.1 Å². The van der Waals surface area contributed by atoms with Crippen molar-refractivity contribution in [1.29, 1.82) is 0 Å². The number of nitrogens with one attached hydrogen (secondary N) is 1. The Morgan fingerprint density at radius 2 is 1.69 bits per heavy atom. The van der Waals surface area contributed by atoms with Crippen LogP contribution < -0.4 is 5.32 Å². The van der Waals surface area contributed by atoms with Crippen LogP contribution in [0.3, 0.4) is 0 Å². The molecule has 0 bridgehead atoms. The number of unbranched alkanes of at least 4 members (excludes halogenated alkanes) is 3. The molecule has 0 aliphatic rings. The van der Waals surface area contributed by atoms with Crippen LogP contribution in [0.25, 0.3) is 0 Å². The third-order valence-electron chi connectivity index (χ3n) is 3.81. The molecule has 0 aliphatic carbocycles. The summed E-state index contributed by atoms with van der Waals surface area (Å²) < 4.78 is 10.3. The molecule has 0 heterocycles. The first-order chi connectivity index (χ1) is 12.3. The highest BCUT2D eigenvalue weighted by molar-refractivity contribution is 5.81. The molecule has 1 N–H and O–H groups in total. The van der Waals surface area contributed by atoms with Gasteiger partial charge >= 0.3 is 12.1 Å².